The lowest BCUT2D eigenvalue weighted by atomic mass is 9.83. The number of hydrogen-bond acceptors (Lipinski definition) is 2. The number of carbonyl (C=O) groups excluding carboxylic acids is 1. The van der Waals surface area contributed by atoms with E-state index in [0.717, 1.165) is 39.0 Å². The minimum atomic E-state index is 0.138. The molecule has 0 radical (unpaired) electrons. The van der Waals surface area contributed by atoms with E-state index in [1.165, 1.54) is 11.1 Å². The molecule has 102 valence electrons. The fraction of sp³-hybridized carbons (Fsp3) is 0.562. The van der Waals surface area contributed by atoms with E-state index < -0.39 is 0 Å². The Labute approximate surface area is 114 Å². The SMILES string of the molecule is CC1(CNC(=O)C2CCc3ccccc3C2)COC1. The second-order valence-corrected chi connectivity index (χ2v) is 6.23. The minimum absolute atomic E-state index is 0.138. The van der Waals surface area contributed by atoms with Crippen LogP contribution in [0.3, 0.4) is 0 Å². The Bertz CT molecular complexity index is 479. The van der Waals surface area contributed by atoms with E-state index in [9.17, 15) is 4.79 Å². The fourth-order valence-electron chi connectivity index (χ4n) is 2.92. The van der Waals surface area contributed by atoms with Crippen LogP contribution in [0.1, 0.15) is 24.5 Å². The molecule has 1 fully saturated rings. The Hall–Kier alpha value is -1.35. The highest BCUT2D eigenvalue weighted by atomic mass is 16.5. The molecule has 1 aromatic rings. The summed E-state index contributed by atoms with van der Waals surface area (Å²) in [5.41, 5.74) is 2.90. The number of rotatable bonds is 3. The zero-order chi connectivity index (χ0) is 13.3. The summed E-state index contributed by atoms with van der Waals surface area (Å²) in [6.07, 6.45) is 2.87. The van der Waals surface area contributed by atoms with E-state index in [-0.39, 0.29) is 17.2 Å². The van der Waals surface area contributed by atoms with Crippen molar-refractivity contribution in [1.29, 1.82) is 0 Å². The van der Waals surface area contributed by atoms with Gasteiger partial charge in [-0.1, -0.05) is 31.2 Å². The van der Waals surface area contributed by atoms with Crippen LogP contribution in [0.2, 0.25) is 0 Å². The third kappa shape index (κ3) is 2.66. The molecule has 1 aromatic carbocycles. The number of nitrogens with one attached hydrogen (secondary N) is 1. The lowest BCUT2D eigenvalue weighted by Gasteiger charge is -2.38. The Kier molecular flexibility index (Phi) is 3.31. The molecule has 1 aliphatic heterocycles. The van der Waals surface area contributed by atoms with Crippen molar-refractivity contribution in [3.63, 3.8) is 0 Å². The van der Waals surface area contributed by atoms with Gasteiger partial charge in [-0.25, -0.2) is 0 Å². The summed E-state index contributed by atoms with van der Waals surface area (Å²) < 4.78 is 5.21. The highest BCUT2D eigenvalue weighted by Crippen LogP contribution is 2.27. The van der Waals surface area contributed by atoms with Crippen LogP contribution in [0, 0.1) is 11.3 Å². The van der Waals surface area contributed by atoms with Crippen molar-refractivity contribution < 1.29 is 9.53 Å². The van der Waals surface area contributed by atoms with Gasteiger partial charge >= 0.3 is 0 Å². The second-order valence-electron chi connectivity index (χ2n) is 6.23. The summed E-state index contributed by atoms with van der Waals surface area (Å²) in [5.74, 6) is 0.349. The van der Waals surface area contributed by atoms with Gasteiger partial charge in [0.2, 0.25) is 5.91 Å². The Morgan fingerprint density at radius 3 is 2.79 bits per heavy atom. The fourth-order valence-corrected chi connectivity index (χ4v) is 2.92. The summed E-state index contributed by atoms with van der Waals surface area (Å²) in [6, 6.07) is 8.47. The number of hydrogen-bond donors (Lipinski definition) is 1. The Morgan fingerprint density at radius 1 is 1.37 bits per heavy atom. The molecule has 1 amide bonds. The van der Waals surface area contributed by atoms with Gasteiger partial charge in [-0.15, -0.1) is 0 Å². The predicted octanol–water partition coefficient (Wildman–Crippen LogP) is 1.94. The van der Waals surface area contributed by atoms with Gasteiger partial charge in [-0.3, -0.25) is 4.79 Å². The lowest BCUT2D eigenvalue weighted by Crippen LogP contribution is -2.49. The first kappa shape index (κ1) is 12.7. The van der Waals surface area contributed by atoms with E-state index in [1.54, 1.807) is 0 Å². The van der Waals surface area contributed by atoms with Crippen LogP contribution >= 0.6 is 0 Å². The van der Waals surface area contributed by atoms with Crippen LogP contribution < -0.4 is 5.32 Å². The standard InChI is InChI=1S/C16H21NO2/c1-16(10-19-11-16)9-17-15(18)14-7-6-12-4-2-3-5-13(12)8-14/h2-5,14H,6-11H2,1H3,(H,17,18). The quantitative estimate of drug-likeness (QED) is 0.901. The van der Waals surface area contributed by atoms with Gasteiger partial charge in [0.1, 0.15) is 0 Å². The molecule has 0 spiro atoms. The zero-order valence-corrected chi connectivity index (χ0v) is 11.4. The summed E-state index contributed by atoms with van der Waals surface area (Å²) in [4.78, 5) is 12.2. The maximum atomic E-state index is 12.2. The molecule has 1 atom stereocenters. The minimum Gasteiger partial charge on any atom is -0.380 e. The van der Waals surface area contributed by atoms with Crippen molar-refractivity contribution in [2.75, 3.05) is 19.8 Å². The van der Waals surface area contributed by atoms with Crippen LogP contribution in [0.15, 0.2) is 24.3 Å². The number of amides is 1. The third-order valence-electron chi connectivity index (χ3n) is 4.31. The highest BCUT2D eigenvalue weighted by molar-refractivity contribution is 5.79. The average Bonchev–Trinajstić information content (AvgIpc) is 2.42. The molecule has 0 aromatic heterocycles. The first-order valence-electron chi connectivity index (χ1n) is 7.09. The number of ether oxygens (including phenoxy) is 1. The van der Waals surface area contributed by atoms with Crippen LogP contribution in [-0.4, -0.2) is 25.7 Å². The van der Waals surface area contributed by atoms with Crippen molar-refractivity contribution >= 4 is 5.91 Å². The van der Waals surface area contributed by atoms with Crippen LogP contribution in [0.5, 0.6) is 0 Å². The molecule has 1 saturated heterocycles. The molecule has 1 heterocycles. The predicted molar refractivity (Wildman–Crippen MR) is 73.9 cm³/mol. The van der Waals surface area contributed by atoms with Gasteiger partial charge in [-0.05, 0) is 30.4 Å². The molecule has 3 rings (SSSR count). The summed E-state index contributed by atoms with van der Waals surface area (Å²) in [7, 11) is 0. The molecular weight excluding hydrogens is 238 g/mol. The zero-order valence-electron chi connectivity index (χ0n) is 11.4. The normalized spacial score (nSPS) is 24.2. The van der Waals surface area contributed by atoms with E-state index in [1.807, 2.05) is 0 Å². The smallest absolute Gasteiger partial charge is 0.223 e. The van der Waals surface area contributed by atoms with Crippen LogP contribution in [0.25, 0.3) is 0 Å². The first-order valence-corrected chi connectivity index (χ1v) is 7.09. The third-order valence-corrected chi connectivity index (χ3v) is 4.31. The second kappa shape index (κ2) is 4.97. The van der Waals surface area contributed by atoms with Crippen molar-refractivity contribution in [2.45, 2.75) is 26.2 Å². The number of carbonyl (C=O) groups is 1. The molecule has 0 bridgehead atoms. The van der Waals surface area contributed by atoms with Gasteiger partial charge in [0, 0.05) is 17.9 Å². The summed E-state index contributed by atoms with van der Waals surface area (Å²) in [6.45, 7) is 4.43. The Morgan fingerprint density at radius 2 is 2.11 bits per heavy atom. The largest absolute Gasteiger partial charge is 0.380 e. The molecule has 1 aliphatic carbocycles. The maximum absolute atomic E-state index is 12.2. The monoisotopic (exact) mass is 259 g/mol. The van der Waals surface area contributed by atoms with Gasteiger partial charge < -0.3 is 10.1 Å². The van der Waals surface area contributed by atoms with Gasteiger partial charge in [0.25, 0.3) is 0 Å². The van der Waals surface area contributed by atoms with Crippen molar-refractivity contribution in [3.8, 4) is 0 Å². The number of aryl methyl sites for hydroxylation is 1. The van der Waals surface area contributed by atoms with Gasteiger partial charge in [-0.2, -0.15) is 0 Å². The van der Waals surface area contributed by atoms with Crippen molar-refractivity contribution in [3.05, 3.63) is 35.4 Å². The van der Waals surface area contributed by atoms with E-state index in [0.29, 0.717) is 0 Å². The van der Waals surface area contributed by atoms with Crippen molar-refractivity contribution in [2.24, 2.45) is 11.3 Å². The molecule has 3 nitrogen and oxygen atoms in total. The molecule has 1 N–H and O–H groups in total. The van der Waals surface area contributed by atoms with E-state index in [4.69, 9.17) is 4.74 Å². The Balaban J connectivity index is 1.57. The highest BCUT2D eigenvalue weighted by Gasteiger charge is 2.34. The number of benzene rings is 1. The lowest BCUT2D eigenvalue weighted by molar-refractivity contribution is -0.130. The van der Waals surface area contributed by atoms with Gasteiger partial charge in [0.15, 0.2) is 0 Å². The first-order chi connectivity index (χ1) is 9.16. The molecule has 0 saturated carbocycles. The molecule has 3 heteroatoms. The molecule has 2 aliphatic rings. The molecule has 1 unspecified atom stereocenters. The van der Waals surface area contributed by atoms with E-state index >= 15 is 0 Å². The van der Waals surface area contributed by atoms with Crippen LogP contribution in [-0.2, 0) is 22.4 Å². The molecule has 19 heavy (non-hydrogen) atoms. The van der Waals surface area contributed by atoms with E-state index in [2.05, 4.69) is 36.5 Å². The maximum Gasteiger partial charge on any atom is 0.223 e. The van der Waals surface area contributed by atoms with Gasteiger partial charge in [0.05, 0.1) is 13.2 Å². The average molecular weight is 259 g/mol. The number of fused-ring (bicyclic) bond motifs is 1. The molecular formula is C16H21NO2. The summed E-state index contributed by atoms with van der Waals surface area (Å²) in [5, 5.41) is 3.11. The van der Waals surface area contributed by atoms with Crippen molar-refractivity contribution in [1.82, 2.24) is 5.32 Å². The van der Waals surface area contributed by atoms with Crippen LogP contribution in [0.4, 0.5) is 0 Å². The topological polar surface area (TPSA) is 38.3 Å². The summed E-state index contributed by atoms with van der Waals surface area (Å²) >= 11 is 0.